The molecule has 0 unspecified atom stereocenters. The van der Waals surface area contributed by atoms with E-state index in [2.05, 4.69) is 0 Å². The first-order valence-corrected chi connectivity index (χ1v) is 6.83. The van der Waals surface area contributed by atoms with E-state index >= 15 is 0 Å². The predicted octanol–water partition coefficient (Wildman–Crippen LogP) is 2.50. The molecule has 0 amide bonds. The Kier molecular flexibility index (Phi) is 3.29. The van der Waals surface area contributed by atoms with E-state index in [9.17, 15) is 8.42 Å². The standard InChI is InChI=1S/C12H14O3S/c13-16(14,11-7-3-1-4-8-11)12-9-5-2-6-10-15-12/h1,3-4,7-9H,2,5-6,10H2. The van der Waals surface area contributed by atoms with Gasteiger partial charge in [-0.25, -0.2) is 8.42 Å². The van der Waals surface area contributed by atoms with E-state index in [-0.39, 0.29) is 5.09 Å². The van der Waals surface area contributed by atoms with Gasteiger partial charge in [0.05, 0.1) is 11.5 Å². The zero-order chi connectivity index (χ0) is 11.4. The van der Waals surface area contributed by atoms with Gasteiger partial charge >= 0.3 is 0 Å². The molecule has 2 rings (SSSR count). The molecule has 0 fully saturated rings. The number of hydrogen-bond acceptors (Lipinski definition) is 3. The van der Waals surface area contributed by atoms with E-state index in [0.29, 0.717) is 11.5 Å². The fraction of sp³-hybridized carbons (Fsp3) is 0.333. The van der Waals surface area contributed by atoms with Gasteiger partial charge in [0.1, 0.15) is 0 Å². The molecule has 0 aromatic heterocycles. The topological polar surface area (TPSA) is 43.4 Å². The van der Waals surface area contributed by atoms with Crippen LogP contribution in [0.3, 0.4) is 0 Å². The second-order valence-corrected chi connectivity index (χ2v) is 5.56. The first kappa shape index (κ1) is 11.2. The van der Waals surface area contributed by atoms with Crippen molar-refractivity contribution < 1.29 is 13.2 Å². The largest absolute Gasteiger partial charge is 0.483 e. The monoisotopic (exact) mass is 238 g/mol. The molecule has 1 heterocycles. The fourth-order valence-corrected chi connectivity index (χ4v) is 2.92. The lowest BCUT2D eigenvalue weighted by atomic mass is 10.2. The quantitative estimate of drug-likeness (QED) is 0.795. The van der Waals surface area contributed by atoms with Crippen LogP contribution in [0.1, 0.15) is 19.3 Å². The summed E-state index contributed by atoms with van der Waals surface area (Å²) in [5.74, 6) is 0. The van der Waals surface area contributed by atoms with Crippen molar-refractivity contribution in [3.8, 4) is 0 Å². The molecule has 4 heteroatoms. The van der Waals surface area contributed by atoms with Crippen LogP contribution in [0.15, 0.2) is 46.4 Å². The van der Waals surface area contributed by atoms with E-state index in [1.807, 2.05) is 0 Å². The van der Waals surface area contributed by atoms with Gasteiger partial charge in [0, 0.05) is 0 Å². The average molecular weight is 238 g/mol. The average Bonchev–Trinajstić information content (AvgIpc) is 2.59. The number of ether oxygens (including phenoxy) is 1. The van der Waals surface area contributed by atoms with E-state index in [1.165, 1.54) is 0 Å². The number of allylic oxidation sites excluding steroid dienone is 1. The van der Waals surface area contributed by atoms with Crippen LogP contribution >= 0.6 is 0 Å². The Morgan fingerprint density at radius 3 is 2.56 bits per heavy atom. The summed E-state index contributed by atoms with van der Waals surface area (Å²) in [7, 11) is -3.45. The third-order valence-corrected chi connectivity index (χ3v) is 4.18. The van der Waals surface area contributed by atoms with Gasteiger partial charge in [0.15, 0.2) is 0 Å². The highest BCUT2D eigenvalue weighted by atomic mass is 32.2. The van der Waals surface area contributed by atoms with Crippen molar-refractivity contribution in [2.24, 2.45) is 0 Å². The molecule has 1 aliphatic heterocycles. The highest BCUT2D eigenvalue weighted by Crippen LogP contribution is 2.23. The summed E-state index contributed by atoms with van der Waals surface area (Å²) in [6.07, 6.45) is 4.33. The molecule has 0 N–H and O–H groups in total. The van der Waals surface area contributed by atoms with Gasteiger partial charge in [-0.1, -0.05) is 18.2 Å². The molecule has 0 radical (unpaired) electrons. The third-order valence-electron chi connectivity index (χ3n) is 2.47. The normalized spacial score (nSPS) is 17.1. The van der Waals surface area contributed by atoms with Crippen LogP contribution in [0.5, 0.6) is 0 Å². The first-order valence-electron chi connectivity index (χ1n) is 5.34. The summed E-state index contributed by atoms with van der Waals surface area (Å²) in [6.45, 7) is 0.484. The fourth-order valence-electron chi connectivity index (χ4n) is 1.60. The molecule has 86 valence electrons. The van der Waals surface area contributed by atoms with Crippen molar-refractivity contribution in [1.29, 1.82) is 0 Å². The van der Waals surface area contributed by atoms with Crippen LogP contribution in [-0.2, 0) is 14.6 Å². The molecule has 3 nitrogen and oxygen atoms in total. The molecule has 1 aliphatic rings. The minimum absolute atomic E-state index is 0.108. The SMILES string of the molecule is O=S(=O)(C1=CCCCCO1)c1ccccc1. The van der Waals surface area contributed by atoms with Gasteiger partial charge in [-0.2, -0.15) is 0 Å². The first-order chi connectivity index (χ1) is 7.71. The highest BCUT2D eigenvalue weighted by Gasteiger charge is 2.22. The van der Waals surface area contributed by atoms with Gasteiger partial charge < -0.3 is 4.74 Å². The Bertz CT molecular complexity index is 474. The van der Waals surface area contributed by atoms with Crippen molar-refractivity contribution in [2.75, 3.05) is 6.61 Å². The second-order valence-electron chi connectivity index (χ2n) is 3.68. The molecule has 0 bridgehead atoms. The zero-order valence-corrected chi connectivity index (χ0v) is 9.74. The van der Waals surface area contributed by atoms with E-state index in [4.69, 9.17) is 4.74 Å². The van der Waals surface area contributed by atoms with Crippen molar-refractivity contribution in [1.82, 2.24) is 0 Å². The van der Waals surface area contributed by atoms with Gasteiger partial charge in [0.2, 0.25) is 14.9 Å². The van der Waals surface area contributed by atoms with Gasteiger partial charge in [-0.05, 0) is 37.5 Å². The summed E-state index contributed by atoms with van der Waals surface area (Å²) in [4.78, 5) is 0.295. The minimum atomic E-state index is -3.45. The maximum absolute atomic E-state index is 12.1. The molecule has 0 atom stereocenters. The summed E-state index contributed by atoms with van der Waals surface area (Å²) in [5, 5.41) is 0.108. The Hall–Kier alpha value is -1.29. The second kappa shape index (κ2) is 4.70. The van der Waals surface area contributed by atoms with Crippen molar-refractivity contribution in [3.63, 3.8) is 0 Å². The van der Waals surface area contributed by atoms with E-state index in [1.54, 1.807) is 36.4 Å². The Balaban J connectivity index is 2.35. The lowest BCUT2D eigenvalue weighted by molar-refractivity contribution is 0.234. The lowest BCUT2D eigenvalue weighted by Crippen LogP contribution is -2.07. The van der Waals surface area contributed by atoms with Crippen LogP contribution in [0.25, 0.3) is 0 Å². The van der Waals surface area contributed by atoms with E-state index in [0.717, 1.165) is 19.3 Å². The van der Waals surface area contributed by atoms with Crippen LogP contribution in [0, 0.1) is 0 Å². The summed E-state index contributed by atoms with van der Waals surface area (Å²) in [6, 6.07) is 8.39. The van der Waals surface area contributed by atoms with Crippen LogP contribution in [0.2, 0.25) is 0 Å². The smallest absolute Gasteiger partial charge is 0.238 e. The maximum atomic E-state index is 12.1. The molecule has 0 saturated heterocycles. The number of sulfone groups is 1. The molecular formula is C12H14O3S. The highest BCUT2D eigenvalue weighted by molar-refractivity contribution is 7.95. The number of hydrogen-bond donors (Lipinski definition) is 0. The van der Waals surface area contributed by atoms with Gasteiger partial charge in [-0.3, -0.25) is 0 Å². The van der Waals surface area contributed by atoms with E-state index < -0.39 is 9.84 Å². The van der Waals surface area contributed by atoms with Crippen molar-refractivity contribution >= 4 is 9.84 Å². The number of rotatable bonds is 2. The third kappa shape index (κ3) is 2.27. The molecular weight excluding hydrogens is 224 g/mol. The summed E-state index contributed by atoms with van der Waals surface area (Å²) < 4.78 is 29.6. The van der Waals surface area contributed by atoms with Crippen LogP contribution < -0.4 is 0 Å². The minimum Gasteiger partial charge on any atom is -0.483 e. The van der Waals surface area contributed by atoms with Gasteiger partial charge in [0.25, 0.3) is 0 Å². The molecule has 16 heavy (non-hydrogen) atoms. The lowest BCUT2D eigenvalue weighted by Gasteiger charge is -2.08. The molecule has 0 saturated carbocycles. The predicted molar refractivity (Wildman–Crippen MR) is 61.5 cm³/mol. The molecule has 0 spiro atoms. The number of benzene rings is 1. The maximum Gasteiger partial charge on any atom is 0.238 e. The zero-order valence-electron chi connectivity index (χ0n) is 8.93. The van der Waals surface area contributed by atoms with Gasteiger partial charge in [-0.15, -0.1) is 0 Å². The van der Waals surface area contributed by atoms with Crippen LogP contribution in [0.4, 0.5) is 0 Å². The Morgan fingerprint density at radius 2 is 1.81 bits per heavy atom. The Morgan fingerprint density at radius 1 is 1.06 bits per heavy atom. The summed E-state index contributed by atoms with van der Waals surface area (Å²) in [5.41, 5.74) is 0. The van der Waals surface area contributed by atoms with Crippen molar-refractivity contribution in [2.45, 2.75) is 24.2 Å². The summed E-state index contributed by atoms with van der Waals surface area (Å²) >= 11 is 0. The van der Waals surface area contributed by atoms with Crippen LogP contribution in [-0.4, -0.2) is 15.0 Å². The van der Waals surface area contributed by atoms with Crippen molar-refractivity contribution in [3.05, 3.63) is 41.5 Å². The molecule has 0 aliphatic carbocycles. The molecule has 1 aromatic rings. The Labute approximate surface area is 95.7 Å². The molecule has 1 aromatic carbocycles.